The molecule has 0 radical (unpaired) electrons. The SMILES string of the molecule is CCCn1nccc1C(CSC(C)CC)NC. The molecule has 0 aliphatic carbocycles. The van der Waals surface area contributed by atoms with Gasteiger partial charge < -0.3 is 5.32 Å². The number of hydrogen-bond donors (Lipinski definition) is 1. The smallest absolute Gasteiger partial charge is 0.0581 e. The number of thioether (sulfide) groups is 1. The highest BCUT2D eigenvalue weighted by atomic mass is 32.2. The van der Waals surface area contributed by atoms with Gasteiger partial charge in [-0.2, -0.15) is 16.9 Å². The van der Waals surface area contributed by atoms with Gasteiger partial charge in [-0.1, -0.05) is 20.8 Å². The van der Waals surface area contributed by atoms with E-state index in [9.17, 15) is 0 Å². The van der Waals surface area contributed by atoms with Crippen LogP contribution < -0.4 is 5.32 Å². The third-order valence-corrected chi connectivity index (χ3v) is 4.44. The molecule has 17 heavy (non-hydrogen) atoms. The lowest BCUT2D eigenvalue weighted by Gasteiger charge is -2.19. The number of nitrogens with zero attached hydrogens (tertiary/aromatic N) is 2. The predicted octanol–water partition coefficient (Wildman–Crippen LogP) is 3.09. The van der Waals surface area contributed by atoms with E-state index in [-0.39, 0.29) is 0 Å². The van der Waals surface area contributed by atoms with Crippen LogP contribution >= 0.6 is 11.8 Å². The molecule has 0 amide bonds. The van der Waals surface area contributed by atoms with Crippen LogP contribution in [0.2, 0.25) is 0 Å². The molecule has 0 saturated carbocycles. The predicted molar refractivity (Wildman–Crippen MR) is 76.5 cm³/mol. The summed E-state index contributed by atoms with van der Waals surface area (Å²) in [4.78, 5) is 0. The molecule has 0 bridgehead atoms. The Morgan fingerprint density at radius 1 is 1.47 bits per heavy atom. The van der Waals surface area contributed by atoms with Gasteiger partial charge in [0.25, 0.3) is 0 Å². The van der Waals surface area contributed by atoms with Crippen LogP contribution in [0, 0.1) is 0 Å². The fourth-order valence-corrected chi connectivity index (χ4v) is 2.83. The monoisotopic (exact) mass is 255 g/mol. The van der Waals surface area contributed by atoms with Crippen LogP contribution in [0.15, 0.2) is 12.3 Å². The number of rotatable bonds is 8. The van der Waals surface area contributed by atoms with Gasteiger partial charge in [0.15, 0.2) is 0 Å². The quantitative estimate of drug-likeness (QED) is 0.774. The Labute approximate surface area is 109 Å². The maximum atomic E-state index is 4.39. The van der Waals surface area contributed by atoms with Crippen LogP contribution in [0.5, 0.6) is 0 Å². The van der Waals surface area contributed by atoms with Crippen LogP contribution in [0.3, 0.4) is 0 Å². The molecule has 1 aromatic rings. The van der Waals surface area contributed by atoms with Gasteiger partial charge in [0, 0.05) is 23.7 Å². The van der Waals surface area contributed by atoms with Crippen LogP contribution in [-0.4, -0.2) is 27.8 Å². The third-order valence-electron chi connectivity index (χ3n) is 3.01. The summed E-state index contributed by atoms with van der Waals surface area (Å²) in [5.74, 6) is 1.11. The Morgan fingerprint density at radius 3 is 2.82 bits per heavy atom. The molecule has 0 aliphatic heterocycles. The first-order valence-corrected chi connectivity index (χ1v) is 7.58. The molecule has 1 rings (SSSR count). The van der Waals surface area contributed by atoms with Crippen molar-refractivity contribution >= 4 is 11.8 Å². The van der Waals surface area contributed by atoms with Gasteiger partial charge in [0.2, 0.25) is 0 Å². The van der Waals surface area contributed by atoms with E-state index in [0.29, 0.717) is 6.04 Å². The molecule has 1 aromatic heterocycles. The molecule has 2 atom stereocenters. The first kappa shape index (κ1) is 14.6. The molecule has 0 aromatic carbocycles. The largest absolute Gasteiger partial charge is 0.311 e. The van der Waals surface area contributed by atoms with Gasteiger partial charge >= 0.3 is 0 Å². The van der Waals surface area contributed by atoms with E-state index in [1.807, 2.05) is 25.0 Å². The van der Waals surface area contributed by atoms with Crippen molar-refractivity contribution < 1.29 is 0 Å². The lowest BCUT2D eigenvalue weighted by molar-refractivity contribution is 0.524. The Bertz CT molecular complexity index is 311. The molecule has 0 aliphatic rings. The molecule has 1 heterocycles. The van der Waals surface area contributed by atoms with E-state index in [1.54, 1.807) is 0 Å². The Hall–Kier alpha value is -0.480. The number of aromatic nitrogens is 2. The normalized spacial score (nSPS) is 14.8. The van der Waals surface area contributed by atoms with E-state index in [2.05, 4.69) is 41.9 Å². The van der Waals surface area contributed by atoms with Gasteiger partial charge in [-0.25, -0.2) is 0 Å². The second kappa shape index (κ2) is 7.77. The molecule has 4 heteroatoms. The highest BCUT2D eigenvalue weighted by Crippen LogP contribution is 2.22. The standard InChI is InChI=1S/C13H25N3S/c1-5-9-16-13(7-8-15-16)12(14-4)10-17-11(3)6-2/h7-8,11-12,14H,5-6,9-10H2,1-4H3. The molecule has 1 N–H and O–H groups in total. The Morgan fingerprint density at radius 2 is 2.24 bits per heavy atom. The zero-order valence-corrected chi connectivity index (χ0v) is 12.3. The zero-order chi connectivity index (χ0) is 12.7. The summed E-state index contributed by atoms with van der Waals surface area (Å²) in [5.41, 5.74) is 1.31. The van der Waals surface area contributed by atoms with E-state index in [0.717, 1.165) is 24.0 Å². The summed E-state index contributed by atoms with van der Waals surface area (Å²) in [5, 5.41) is 8.52. The number of aryl methyl sites for hydroxylation is 1. The van der Waals surface area contributed by atoms with Crippen molar-refractivity contribution in [2.45, 2.75) is 51.4 Å². The van der Waals surface area contributed by atoms with Crippen LogP contribution in [0.25, 0.3) is 0 Å². The first-order chi connectivity index (χ1) is 8.22. The Kier molecular flexibility index (Phi) is 6.66. The average Bonchev–Trinajstić information content (AvgIpc) is 2.78. The summed E-state index contributed by atoms with van der Waals surface area (Å²) in [6.45, 7) is 7.73. The lowest BCUT2D eigenvalue weighted by atomic mass is 10.2. The summed E-state index contributed by atoms with van der Waals surface area (Å²) in [7, 11) is 2.03. The van der Waals surface area contributed by atoms with E-state index >= 15 is 0 Å². The van der Waals surface area contributed by atoms with Gasteiger partial charge in [-0.3, -0.25) is 4.68 Å². The van der Waals surface area contributed by atoms with Crippen LogP contribution in [0.1, 0.15) is 45.3 Å². The fourth-order valence-electron chi connectivity index (χ4n) is 1.73. The van der Waals surface area contributed by atoms with Crippen molar-refractivity contribution in [2.75, 3.05) is 12.8 Å². The molecular formula is C13H25N3S. The van der Waals surface area contributed by atoms with Crippen molar-refractivity contribution in [2.24, 2.45) is 0 Å². The second-order valence-electron chi connectivity index (χ2n) is 4.37. The molecule has 98 valence electrons. The van der Waals surface area contributed by atoms with Gasteiger partial charge in [-0.15, -0.1) is 0 Å². The topological polar surface area (TPSA) is 29.9 Å². The van der Waals surface area contributed by atoms with Crippen LogP contribution in [-0.2, 0) is 6.54 Å². The fraction of sp³-hybridized carbons (Fsp3) is 0.769. The average molecular weight is 255 g/mol. The van der Waals surface area contributed by atoms with Crippen molar-refractivity contribution in [3.05, 3.63) is 18.0 Å². The minimum absolute atomic E-state index is 0.406. The van der Waals surface area contributed by atoms with Crippen molar-refractivity contribution in [3.63, 3.8) is 0 Å². The minimum atomic E-state index is 0.406. The van der Waals surface area contributed by atoms with Crippen molar-refractivity contribution in [3.8, 4) is 0 Å². The lowest BCUT2D eigenvalue weighted by Crippen LogP contribution is -2.23. The highest BCUT2D eigenvalue weighted by molar-refractivity contribution is 7.99. The van der Waals surface area contributed by atoms with E-state index < -0.39 is 0 Å². The van der Waals surface area contributed by atoms with E-state index in [1.165, 1.54) is 12.1 Å². The maximum absolute atomic E-state index is 4.39. The molecule has 3 nitrogen and oxygen atoms in total. The first-order valence-electron chi connectivity index (χ1n) is 6.53. The zero-order valence-electron chi connectivity index (χ0n) is 11.4. The van der Waals surface area contributed by atoms with Gasteiger partial charge in [-0.05, 0) is 26.0 Å². The number of nitrogens with one attached hydrogen (secondary N) is 1. The van der Waals surface area contributed by atoms with Gasteiger partial charge in [0.05, 0.1) is 11.7 Å². The molecule has 0 saturated heterocycles. The second-order valence-corrected chi connectivity index (χ2v) is 5.84. The van der Waals surface area contributed by atoms with Crippen LogP contribution in [0.4, 0.5) is 0 Å². The summed E-state index contributed by atoms with van der Waals surface area (Å²) < 4.78 is 2.12. The third kappa shape index (κ3) is 4.36. The highest BCUT2D eigenvalue weighted by Gasteiger charge is 2.15. The molecule has 0 fully saturated rings. The summed E-state index contributed by atoms with van der Waals surface area (Å²) in [6.07, 6.45) is 4.27. The minimum Gasteiger partial charge on any atom is -0.311 e. The van der Waals surface area contributed by atoms with Crippen molar-refractivity contribution in [1.29, 1.82) is 0 Å². The summed E-state index contributed by atoms with van der Waals surface area (Å²) in [6, 6.07) is 2.54. The molecule has 0 spiro atoms. The molecule has 2 unspecified atom stereocenters. The number of hydrogen-bond acceptors (Lipinski definition) is 3. The molecular weight excluding hydrogens is 230 g/mol. The van der Waals surface area contributed by atoms with E-state index in [4.69, 9.17) is 0 Å². The van der Waals surface area contributed by atoms with Gasteiger partial charge in [0.1, 0.15) is 0 Å². The maximum Gasteiger partial charge on any atom is 0.0581 e. The Balaban J connectivity index is 2.62. The van der Waals surface area contributed by atoms with Crippen molar-refractivity contribution in [1.82, 2.24) is 15.1 Å². The summed E-state index contributed by atoms with van der Waals surface area (Å²) >= 11 is 2.03.